The van der Waals surface area contributed by atoms with E-state index in [0.29, 0.717) is 19.6 Å². The van der Waals surface area contributed by atoms with Crippen LogP contribution in [0.5, 0.6) is 0 Å². The number of anilines is 3. The topological polar surface area (TPSA) is 103 Å². The summed E-state index contributed by atoms with van der Waals surface area (Å²) in [5.41, 5.74) is 2.19. The zero-order valence-corrected chi connectivity index (χ0v) is 19.6. The van der Waals surface area contributed by atoms with E-state index in [1.807, 2.05) is 24.0 Å². The molecule has 178 valence electrons. The molecule has 2 heterocycles. The van der Waals surface area contributed by atoms with Gasteiger partial charge < -0.3 is 14.9 Å². The zero-order valence-electron chi connectivity index (χ0n) is 18.8. The molecule has 1 aliphatic heterocycles. The van der Waals surface area contributed by atoms with Crippen molar-refractivity contribution >= 4 is 33.2 Å². The van der Waals surface area contributed by atoms with Crippen molar-refractivity contribution in [1.82, 2.24) is 4.98 Å². The maximum Gasteiger partial charge on any atom is 0.339 e. The molecule has 1 aliphatic rings. The van der Waals surface area contributed by atoms with Crippen molar-refractivity contribution in [3.8, 4) is 0 Å². The number of carbonyl (C=O) groups is 1. The molecule has 0 aliphatic carbocycles. The first-order valence-electron chi connectivity index (χ1n) is 10.7. The summed E-state index contributed by atoms with van der Waals surface area (Å²) in [7, 11) is -4.03. The second-order valence-corrected chi connectivity index (χ2v) is 9.97. The van der Waals surface area contributed by atoms with E-state index in [2.05, 4.69) is 33.7 Å². The molecule has 1 aromatic heterocycles. The molecule has 8 nitrogen and oxygen atoms in total. The first kappa shape index (κ1) is 23.5. The molecule has 10 heteroatoms. The zero-order chi connectivity index (χ0) is 24.5. The van der Waals surface area contributed by atoms with Gasteiger partial charge in [-0.05, 0) is 61.9 Å². The van der Waals surface area contributed by atoms with Gasteiger partial charge in [0.25, 0.3) is 10.0 Å². The van der Waals surface area contributed by atoms with Gasteiger partial charge in [-0.25, -0.2) is 22.6 Å². The van der Waals surface area contributed by atoms with Gasteiger partial charge in [0, 0.05) is 31.4 Å². The number of benzene rings is 2. The van der Waals surface area contributed by atoms with E-state index >= 15 is 0 Å². The third-order valence-electron chi connectivity index (χ3n) is 5.73. The van der Waals surface area contributed by atoms with Gasteiger partial charge in [0.1, 0.15) is 17.2 Å². The van der Waals surface area contributed by atoms with Crippen molar-refractivity contribution in [2.75, 3.05) is 34.2 Å². The minimum Gasteiger partial charge on any atom is -0.478 e. The highest BCUT2D eigenvalue weighted by molar-refractivity contribution is 7.92. The lowest BCUT2D eigenvalue weighted by molar-refractivity contribution is 0.0697. The lowest BCUT2D eigenvalue weighted by atomic mass is 10.1. The molecule has 0 amide bonds. The van der Waals surface area contributed by atoms with Crippen molar-refractivity contribution in [2.24, 2.45) is 0 Å². The summed E-state index contributed by atoms with van der Waals surface area (Å²) in [6.45, 7) is 5.91. The van der Waals surface area contributed by atoms with Crippen LogP contribution in [0.15, 0.2) is 65.7 Å². The first-order chi connectivity index (χ1) is 16.1. The molecule has 1 atom stereocenters. The van der Waals surface area contributed by atoms with Gasteiger partial charge in [0.15, 0.2) is 0 Å². The maximum absolute atomic E-state index is 13.1. The number of hydrogen-bond acceptors (Lipinski definition) is 6. The third kappa shape index (κ3) is 4.96. The summed E-state index contributed by atoms with van der Waals surface area (Å²) < 4.78 is 40.6. The van der Waals surface area contributed by atoms with E-state index < -0.39 is 21.8 Å². The van der Waals surface area contributed by atoms with E-state index in [9.17, 15) is 22.7 Å². The largest absolute Gasteiger partial charge is 0.478 e. The number of nitrogens with one attached hydrogen (secondary N) is 1. The van der Waals surface area contributed by atoms with E-state index in [0.717, 1.165) is 30.0 Å². The average molecular weight is 485 g/mol. The molecule has 2 aromatic carbocycles. The predicted molar refractivity (Wildman–Crippen MR) is 129 cm³/mol. The SMILES string of the molecule is Cc1cccc(N2CCN(c3ncc(NS(=O)(=O)c4ccc(F)cc4)cc3C(=O)O)C[C@H]2C)c1. The van der Waals surface area contributed by atoms with Crippen LogP contribution in [0, 0.1) is 12.7 Å². The summed E-state index contributed by atoms with van der Waals surface area (Å²) in [6, 6.07) is 13.9. The highest BCUT2D eigenvalue weighted by atomic mass is 32.2. The number of aromatic carboxylic acids is 1. The molecule has 0 spiro atoms. The van der Waals surface area contributed by atoms with Crippen molar-refractivity contribution in [3.63, 3.8) is 0 Å². The van der Waals surface area contributed by atoms with Gasteiger partial charge in [-0.1, -0.05) is 12.1 Å². The van der Waals surface area contributed by atoms with Gasteiger partial charge in [-0.3, -0.25) is 4.72 Å². The predicted octanol–water partition coefficient (Wildman–Crippen LogP) is 3.74. The number of hydrogen-bond donors (Lipinski definition) is 2. The van der Waals surface area contributed by atoms with Crippen LogP contribution in [0.2, 0.25) is 0 Å². The second kappa shape index (κ2) is 9.30. The highest BCUT2D eigenvalue weighted by Gasteiger charge is 2.28. The van der Waals surface area contributed by atoms with Crippen LogP contribution < -0.4 is 14.5 Å². The van der Waals surface area contributed by atoms with Gasteiger partial charge >= 0.3 is 5.97 Å². The molecule has 3 aromatic rings. The molecule has 34 heavy (non-hydrogen) atoms. The highest BCUT2D eigenvalue weighted by Crippen LogP contribution is 2.28. The summed E-state index contributed by atoms with van der Waals surface area (Å²) in [6.07, 6.45) is 1.29. The Kier molecular flexibility index (Phi) is 6.43. The fourth-order valence-corrected chi connectivity index (χ4v) is 5.12. The van der Waals surface area contributed by atoms with Crippen LogP contribution in [0.25, 0.3) is 0 Å². The number of piperazine rings is 1. The smallest absolute Gasteiger partial charge is 0.339 e. The normalized spacial score (nSPS) is 16.4. The Morgan fingerprint density at radius 3 is 2.53 bits per heavy atom. The van der Waals surface area contributed by atoms with Crippen molar-refractivity contribution in [3.05, 3.63) is 77.7 Å². The number of nitrogens with zero attached hydrogens (tertiary/aromatic N) is 3. The monoisotopic (exact) mass is 484 g/mol. The fourth-order valence-electron chi connectivity index (χ4n) is 4.09. The Bertz CT molecular complexity index is 1310. The molecule has 1 fully saturated rings. The van der Waals surface area contributed by atoms with Gasteiger partial charge in [-0.2, -0.15) is 0 Å². The van der Waals surface area contributed by atoms with Crippen molar-refractivity contribution < 1.29 is 22.7 Å². The molecule has 0 saturated carbocycles. The van der Waals surface area contributed by atoms with Crippen LogP contribution in [0.3, 0.4) is 0 Å². The number of pyridine rings is 1. The summed E-state index contributed by atoms with van der Waals surface area (Å²) in [5.74, 6) is -1.48. The lowest BCUT2D eigenvalue weighted by Crippen LogP contribution is -2.52. The Balaban J connectivity index is 1.55. The van der Waals surface area contributed by atoms with Crippen LogP contribution >= 0.6 is 0 Å². The van der Waals surface area contributed by atoms with E-state index in [1.165, 1.54) is 17.8 Å². The van der Waals surface area contributed by atoms with E-state index in [1.54, 1.807) is 0 Å². The number of halogens is 1. The number of carboxylic acids is 1. The van der Waals surface area contributed by atoms with Crippen LogP contribution in [0.1, 0.15) is 22.8 Å². The molecule has 0 bridgehead atoms. The fraction of sp³-hybridized carbons (Fsp3) is 0.250. The molecular formula is C24H25FN4O4S. The molecule has 1 saturated heterocycles. The lowest BCUT2D eigenvalue weighted by Gasteiger charge is -2.42. The minimum absolute atomic E-state index is 0.0110. The van der Waals surface area contributed by atoms with E-state index in [4.69, 9.17) is 0 Å². The number of rotatable bonds is 6. The third-order valence-corrected chi connectivity index (χ3v) is 7.13. The molecule has 0 unspecified atom stereocenters. The molecule has 4 rings (SSSR count). The average Bonchev–Trinajstić information content (AvgIpc) is 2.79. The Hall–Kier alpha value is -3.66. The maximum atomic E-state index is 13.1. The van der Waals surface area contributed by atoms with Gasteiger partial charge in [-0.15, -0.1) is 0 Å². The van der Waals surface area contributed by atoms with Crippen LogP contribution in [-0.4, -0.2) is 50.2 Å². The molecule has 2 N–H and O–H groups in total. The molecule has 0 radical (unpaired) electrons. The molecular weight excluding hydrogens is 459 g/mol. The first-order valence-corrected chi connectivity index (χ1v) is 12.2. The summed E-state index contributed by atoms with van der Waals surface area (Å²) in [4.78, 5) is 20.3. The number of aromatic nitrogens is 1. The Morgan fingerprint density at radius 2 is 1.88 bits per heavy atom. The minimum atomic E-state index is -4.03. The van der Waals surface area contributed by atoms with Crippen LogP contribution in [0.4, 0.5) is 21.6 Å². The van der Waals surface area contributed by atoms with Crippen molar-refractivity contribution in [1.29, 1.82) is 0 Å². The standard InChI is InChI=1S/C24H25FN4O4S/c1-16-4-3-5-20(12-16)29-11-10-28(15-17(29)2)23-22(24(30)31)13-19(14-26-23)27-34(32,33)21-8-6-18(25)7-9-21/h3-9,12-14,17,27H,10-11,15H2,1-2H3,(H,30,31)/t17-/m1/s1. The summed E-state index contributed by atoms with van der Waals surface area (Å²) in [5, 5.41) is 9.80. The Morgan fingerprint density at radius 1 is 1.15 bits per heavy atom. The van der Waals surface area contributed by atoms with Crippen LogP contribution in [-0.2, 0) is 10.0 Å². The van der Waals surface area contributed by atoms with E-state index in [-0.39, 0.29) is 28.0 Å². The number of carboxylic acid groups (broad SMARTS) is 1. The van der Waals surface area contributed by atoms with Crippen molar-refractivity contribution in [2.45, 2.75) is 24.8 Å². The second-order valence-electron chi connectivity index (χ2n) is 8.29. The number of sulfonamides is 1. The number of aryl methyl sites for hydroxylation is 1. The Labute approximate surface area is 197 Å². The van der Waals surface area contributed by atoms with Gasteiger partial charge in [0.05, 0.1) is 16.8 Å². The van der Waals surface area contributed by atoms with Gasteiger partial charge in [0.2, 0.25) is 0 Å². The quantitative estimate of drug-likeness (QED) is 0.549. The summed E-state index contributed by atoms with van der Waals surface area (Å²) >= 11 is 0.